The Kier molecular flexibility index (Phi) is 3.77. The summed E-state index contributed by atoms with van der Waals surface area (Å²) in [5.74, 6) is 1.57. The largest absolute Gasteiger partial charge is 0.300 e. The molecule has 1 saturated heterocycles. The summed E-state index contributed by atoms with van der Waals surface area (Å²) in [4.78, 5) is 11.8. The maximum atomic E-state index is 4.61. The number of hydrogen-bond acceptors (Lipinski definition) is 3. The van der Waals surface area contributed by atoms with Crippen LogP contribution in [-0.4, -0.2) is 34.0 Å². The average Bonchev–Trinajstić information content (AvgIpc) is 2.28. The molecule has 1 aliphatic rings. The molecule has 0 aromatic carbocycles. The summed E-state index contributed by atoms with van der Waals surface area (Å²) < 4.78 is 0. The predicted molar refractivity (Wildman–Crippen MR) is 70.2 cm³/mol. The first-order chi connectivity index (χ1) is 8.06. The predicted octanol–water partition coefficient (Wildman–Crippen LogP) is 2.68. The van der Waals surface area contributed by atoms with E-state index < -0.39 is 0 Å². The number of nitrogens with zero attached hydrogens (tertiary/aromatic N) is 3. The minimum absolute atomic E-state index is 0.518. The molecule has 0 bridgehead atoms. The normalized spacial score (nSPS) is 22.1. The van der Waals surface area contributed by atoms with Gasteiger partial charge in [0.25, 0.3) is 0 Å². The van der Waals surface area contributed by atoms with Crippen LogP contribution in [0.1, 0.15) is 49.8 Å². The molecule has 0 spiro atoms. The Bertz CT molecular complexity index is 367. The second-order valence-electron chi connectivity index (χ2n) is 5.44. The van der Waals surface area contributed by atoms with E-state index >= 15 is 0 Å². The molecule has 0 aliphatic carbocycles. The fourth-order valence-electron chi connectivity index (χ4n) is 2.62. The Labute approximate surface area is 104 Å². The Morgan fingerprint density at radius 1 is 1.24 bits per heavy atom. The van der Waals surface area contributed by atoms with E-state index in [-0.39, 0.29) is 0 Å². The van der Waals surface area contributed by atoms with E-state index in [1.807, 2.05) is 6.07 Å². The second-order valence-corrected chi connectivity index (χ2v) is 5.44. The number of aryl methyl sites for hydroxylation is 2. The molecule has 2 heterocycles. The van der Waals surface area contributed by atoms with Gasteiger partial charge in [-0.2, -0.15) is 0 Å². The van der Waals surface area contributed by atoms with Crippen LogP contribution in [0.25, 0.3) is 0 Å². The summed E-state index contributed by atoms with van der Waals surface area (Å²) >= 11 is 0. The first-order valence-electron chi connectivity index (χ1n) is 6.62. The van der Waals surface area contributed by atoms with Gasteiger partial charge >= 0.3 is 0 Å². The highest BCUT2D eigenvalue weighted by molar-refractivity contribution is 5.11. The highest BCUT2D eigenvalue weighted by atomic mass is 15.2. The van der Waals surface area contributed by atoms with Crippen LogP contribution in [0.3, 0.4) is 0 Å². The van der Waals surface area contributed by atoms with Crippen molar-refractivity contribution in [2.75, 3.05) is 13.1 Å². The van der Waals surface area contributed by atoms with Gasteiger partial charge in [-0.15, -0.1) is 0 Å². The number of rotatable bonds is 2. The molecule has 2 rings (SSSR count). The van der Waals surface area contributed by atoms with E-state index in [1.54, 1.807) is 0 Å². The Morgan fingerprint density at radius 2 is 1.88 bits per heavy atom. The second kappa shape index (κ2) is 5.13. The Balaban J connectivity index is 2.16. The SMILES string of the molecule is Cc1cc(C)nc([C@@H]2CCCN(C(C)C)C2)n1. The zero-order valence-electron chi connectivity index (χ0n) is 11.4. The van der Waals surface area contributed by atoms with Gasteiger partial charge < -0.3 is 4.90 Å². The first-order valence-corrected chi connectivity index (χ1v) is 6.62. The van der Waals surface area contributed by atoms with Crippen molar-refractivity contribution in [1.29, 1.82) is 0 Å². The Hall–Kier alpha value is -0.960. The molecule has 94 valence electrons. The third-order valence-corrected chi connectivity index (χ3v) is 3.55. The van der Waals surface area contributed by atoms with Crippen LogP contribution in [0, 0.1) is 13.8 Å². The van der Waals surface area contributed by atoms with Crippen LogP contribution in [0.5, 0.6) is 0 Å². The van der Waals surface area contributed by atoms with Gasteiger partial charge in [-0.25, -0.2) is 9.97 Å². The van der Waals surface area contributed by atoms with Crippen molar-refractivity contribution in [2.45, 2.75) is 52.5 Å². The van der Waals surface area contributed by atoms with Gasteiger partial charge in [-0.3, -0.25) is 0 Å². The molecule has 17 heavy (non-hydrogen) atoms. The standard InChI is InChI=1S/C14H23N3/c1-10(2)17-7-5-6-13(9-17)14-15-11(3)8-12(4)16-14/h8,10,13H,5-7,9H2,1-4H3/t13-/m1/s1. The molecule has 1 aliphatic heterocycles. The molecule has 1 aromatic rings. The number of aromatic nitrogens is 2. The van der Waals surface area contributed by atoms with Crippen molar-refractivity contribution in [3.8, 4) is 0 Å². The van der Waals surface area contributed by atoms with E-state index in [2.05, 4.69) is 42.6 Å². The lowest BCUT2D eigenvalue weighted by molar-refractivity contribution is 0.164. The molecule has 0 N–H and O–H groups in total. The van der Waals surface area contributed by atoms with E-state index in [1.165, 1.54) is 19.4 Å². The van der Waals surface area contributed by atoms with Crippen molar-refractivity contribution >= 4 is 0 Å². The molecular weight excluding hydrogens is 210 g/mol. The van der Waals surface area contributed by atoms with E-state index in [9.17, 15) is 0 Å². The van der Waals surface area contributed by atoms with Crippen molar-refractivity contribution in [3.05, 3.63) is 23.3 Å². The average molecular weight is 233 g/mol. The maximum absolute atomic E-state index is 4.61. The fourth-order valence-corrected chi connectivity index (χ4v) is 2.62. The lowest BCUT2D eigenvalue weighted by Gasteiger charge is -2.34. The highest BCUT2D eigenvalue weighted by Crippen LogP contribution is 2.25. The quantitative estimate of drug-likeness (QED) is 0.786. The lowest BCUT2D eigenvalue weighted by Crippen LogP contribution is -2.39. The smallest absolute Gasteiger partial charge is 0.133 e. The topological polar surface area (TPSA) is 29.0 Å². The fraction of sp³-hybridized carbons (Fsp3) is 0.714. The van der Waals surface area contributed by atoms with Crippen molar-refractivity contribution in [1.82, 2.24) is 14.9 Å². The third kappa shape index (κ3) is 3.03. The van der Waals surface area contributed by atoms with Gasteiger partial charge in [0.05, 0.1) is 0 Å². The van der Waals surface area contributed by atoms with Gasteiger partial charge in [0.1, 0.15) is 5.82 Å². The number of piperidine rings is 1. The molecule has 1 atom stereocenters. The van der Waals surface area contributed by atoms with E-state index in [0.717, 1.165) is 23.8 Å². The van der Waals surface area contributed by atoms with E-state index in [0.29, 0.717) is 12.0 Å². The van der Waals surface area contributed by atoms with Gasteiger partial charge in [0, 0.05) is 29.9 Å². The van der Waals surface area contributed by atoms with E-state index in [4.69, 9.17) is 0 Å². The van der Waals surface area contributed by atoms with Crippen LogP contribution in [0.15, 0.2) is 6.07 Å². The summed E-state index contributed by atoms with van der Waals surface area (Å²) in [6.07, 6.45) is 2.49. The summed E-state index contributed by atoms with van der Waals surface area (Å²) in [6, 6.07) is 2.68. The summed E-state index contributed by atoms with van der Waals surface area (Å²) in [5, 5.41) is 0. The van der Waals surface area contributed by atoms with Crippen LogP contribution >= 0.6 is 0 Å². The van der Waals surface area contributed by atoms with Gasteiger partial charge in [0.2, 0.25) is 0 Å². The minimum atomic E-state index is 0.518. The van der Waals surface area contributed by atoms with Crippen LogP contribution in [-0.2, 0) is 0 Å². The molecule has 1 fully saturated rings. The van der Waals surface area contributed by atoms with Crippen LogP contribution < -0.4 is 0 Å². The van der Waals surface area contributed by atoms with Crippen molar-refractivity contribution in [3.63, 3.8) is 0 Å². The van der Waals surface area contributed by atoms with Crippen LogP contribution in [0.2, 0.25) is 0 Å². The van der Waals surface area contributed by atoms with Gasteiger partial charge in [0.15, 0.2) is 0 Å². The highest BCUT2D eigenvalue weighted by Gasteiger charge is 2.24. The monoisotopic (exact) mass is 233 g/mol. The van der Waals surface area contributed by atoms with Crippen LogP contribution in [0.4, 0.5) is 0 Å². The molecule has 1 aromatic heterocycles. The van der Waals surface area contributed by atoms with Gasteiger partial charge in [-0.05, 0) is 53.1 Å². The molecule has 3 heteroatoms. The molecule has 0 amide bonds. The minimum Gasteiger partial charge on any atom is -0.300 e. The van der Waals surface area contributed by atoms with Crippen molar-refractivity contribution in [2.24, 2.45) is 0 Å². The Morgan fingerprint density at radius 3 is 2.47 bits per heavy atom. The summed E-state index contributed by atoms with van der Waals surface area (Å²) in [5.41, 5.74) is 2.18. The molecule has 0 unspecified atom stereocenters. The van der Waals surface area contributed by atoms with Gasteiger partial charge in [-0.1, -0.05) is 0 Å². The lowest BCUT2D eigenvalue weighted by atomic mass is 9.96. The summed E-state index contributed by atoms with van der Waals surface area (Å²) in [6.45, 7) is 11.0. The van der Waals surface area contributed by atoms with Crippen molar-refractivity contribution < 1.29 is 0 Å². The molecule has 0 saturated carbocycles. The maximum Gasteiger partial charge on any atom is 0.133 e. The zero-order chi connectivity index (χ0) is 12.4. The molecule has 0 radical (unpaired) electrons. The first kappa shape index (κ1) is 12.5. The zero-order valence-corrected chi connectivity index (χ0v) is 11.4. The molecule has 3 nitrogen and oxygen atoms in total. The number of hydrogen-bond donors (Lipinski definition) is 0. The third-order valence-electron chi connectivity index (χ3n) is 3.55. The number of likely N-dealkylation sites (tertiary alicyclic amines) is 1. The summed E-state index contributed by atoms with van der Waals surface area (Å²) in [7, 11) is 0. The molecular formula is C14H23N3.